The number of hydrogen-bond acceptors (Lipinski definition) is 3. The van der Waals surface area contributed by atoms with E-state index in [1.807, 2.05) is 0 Å². The maximum Gasteiger partial charge on any atom is 0.416 e. The van der Waals surface area contributed by atoms with E-state index in [4.69, 9.17) is 0 Å². The second-order valence-corrected chi connectivity index (χ2v) is 9.05. The topological polar surface area (TPSA) is 51.0 Å². The number of aromatic nitrogens is 3. The molecule has 0 N–H and O–H groups in total. The summed E-state index contributed by atoms with van der Waals surface area (Å²) in [7, 11) is 1.49. The molecule has 10 heteroatoms. The van der Waals surface area contributed by atoms with Crippen LogP contribution in [0.25, 0.3) is 0 Å². The van der Waals surface area contributed by atoms with Crippen LogP contribution in [0.1, 0.15) is 70.3 Å². The molecule has 178 valence electrons. The van der Waals surface area contributed by atoms with E-state index < -0.39 is 29.5 Å². The van der Waals surface area contributed by atoms with Gasteiger partial charge in [0.1, 0.15) is 6.33 Å². The molecule has 1 fully saturated rings. The average Bonchev–Trinajstić information content (AvgIpc) is 3.47. The summed E-state index contributed by atoms with van der Waals surface area (Å²) in [5.74, 6) is -0.765. The summed E-state index contributed by atoms with van der Waals surface area (Å²) in [5, 5.41) is 7.21. The molecule has 2 atom stereocenters. The molecule has 34 heavy (non-hydrogen) atoms. The van der Waals surface area contributed by atoms with Gasteiger partial charge in [0.25, 0.3) is 5.91 Å². The lowest BCUT2D eigenvalue weighted by Crippen LogP contribution is -2.27. The Kier molecular flexibility index (Phi) is 5.03. The molecule has 5 rings (SSSR count). The van der Waals surface area contributed by atoms with Gasteiger partial charge in [0.2, 0.25) is 0 Å². The van der Waals surface area contributed by atoms with Crippen molar-refractivity contribution in [2.45, 2.75) is 50.2 Å². The minimum Gasteiger partial charge on any atom is -0.318 e. The maximum atomic E-state index is 15.6. The minimum atomic E-state index is -4.61. The Labute approximate surface area is 192 Å². The molecule has 5 nitrogen and oxygen atoms in total. The van der Waals surface area contributed by atoms with E-state index in [2.05, 4.69) is 10.2 Å². The number of hydrogen-bond donors (Lipinski definition) is 0. The molecular formula is C24H21F5N4O. The summed E-state index contributed by atoms with van der Waals surface area (Å²) in [6.07, 6.45) is -3.92. The highest BCUT2D eigenvalue weighted by Gasteiger charge is 2.43. The Bertz CT molecular complexity index is 1280. The number of halogens is 5. The lowest BCUT2D eigenvalue weighted by atomic mass is 9.92. The molecule has 1 aliphatic heterocycles. The van der Waals surface area contributed by atoms with Crippen LogP contribution in [0.3, 0.4) is 0 Å². The van der Waals surface area contributed by atoms with Gasteiger partial charge in [-0.05, 0) is 66.6 Å². The summed E-state index contributed by atoms with van der Waals surface area (Å²) in [5.41, 5.74) is -2.81. The number of amides is 1. The zero-order valence-corrected chi connectivity index (χ0v) is 18.4. The smallest absolute Gasteiger partial charge is 0.318 e. The normalized spacial score (nSPS) is 18.7. The largest absolute Gasteiger partial charge is 0.416 e. The van der Waals surface area contributed by atoms with Crippen molar-refractivity contribution in [3.63, 3.8) is 0 Å². The predicted molar refractivity (Wildman–Crippen MR) is 114 cm³/mol. The first-order valence-corrected chi connectivity index (χ1v) is 10.8. The molecule has 2 heterocycles. The van der Waals surface area contributed by atoms with Gasteiger partial charge in [0, 0.05) is 18.3 Å². The predicted octanol–water partition coefficient (Wildman–Crippen LogP) is 5.77. The van der Waals surface area contributed by atoms with E-state index in [0.717, 1.165) is 25.8 Å². The quantitative estimate of drug-likeness (QED) is 0.440. The molecule has 1 aliphatic carbocycles. The van der Waals surface area contributed by atoms with Crippen molar-refractivity contribution in [2.75, 3.05) is 4.90 Å². The maximum absolute atomic E-state index is 15.6. The van der Waals surface area contributed by atoms with E-state index >= 15 is 8.78 Å². The summed E-state index contributed by atoms with van der Waals surface area (Å²) >= 11 is 0. The third-order valence-electron chi connectivity index (χ3n) is 6.59. The Morgan fingerprint density at radius 1 is 1.12 bits per heavy atom. The summed E-state index contributed by atoms with van der Waals surface area (Å²) in [6.45, 7) is 0.748. The molecule has 2 aliphatic rings. The molecule has 3 aromatic rings. The van der Waals surface area contributed by atoms with Crippen molar-refractivity contribution >= 4 is 11.6 Å². The second-order valence-electron chi connectivity index (χ2n) is 9.05. The monoisotopic (exact) mass is 476 g/mol. The van der Waals surface area contributed by atoms with Gasteiger partial charge in [-0.2, -0.15) is 13.2 Å². The zero-order chi connectivity index (χ0) is 24.4. The fourth-order valence-corrected chi connectivity index (χ4v) is 4.43. The summed E-state index contributed by atoms with van der Waals surface area (Å²) in [6, 6.07) is 8.28. The molecule has 2 aromatic carbocycles. The van der Waals surface area contributed by atoms with Gasteiger partial charge in [-0.25, -0.2) is 8.78 Å². The average molecular weight is 476 g/mol. The molecule has 1 aromatic heterocycles. The van der Waals surface area contributed by atoms with Crippen LogP contribution >= 0.6 is 0 Å². The molecule has 1 amide bonds. The van der Waals surface area contributed by atoms with Crippen LogP contribution in [0, 0.1) is 0 Å². The second kappa shape index (κ2) is 7.61. The van der Waals surface area contributed by atoms with Gasteiger partial charge >= 0.3 is 6.18 Å². The Balaban J connectivity index is 1.51. The number of alkyl halides is 5. The van der Waals surface area contributed by atoms with Crippen LogP contribution in [-0.2, 0) is 25.4 Å². The molecule has 0 bridgehead atoms. The molecular weight excluding hydrogens is 455 g/mol. The minimum absolute atomic E-state index is 0.00703. The van der Waals surface area contributed by atoms with Crippen LogP contribution in [0.4, 0.5) is 27.6 Å². The lowest BCUT2D eigenvalue weighted by molar-refractivity contribution is -0.138. The van der Waals surface area contributed by atoms with E-state index in [0.29, 0.717) is 5.56 Å². The number of carbonyl (C=O) groups is 1. The van der Waals surface area contributed by atoms with Gasteiger partial charge in [-0.1, -0.05) is 12.1 Å². The van der Waals surface area contributed by atoms with Crippen LogP contribution in [0.5, 0.6) is 0 Å². The van der Waals surface area contributed by atoms with Crippen molar-refractivity contribution < 1.29 is 26.7 Å². The Hall–Kier alpha value is -3.30. The van der Waals surface area contributed by atoms with Gasteiger partial charge in [-0.15, -0.1) is 10.2 Å². The van der Waals surface area contributed by atoms with Crippen LogP contribution in [0.2, 0.25) is 0 Å². The third-order valence-corrected chi connectivity index (χ3v) is 6.59. The standard InChI is InChI=1S/C24H21F5N4O/c1-23(26,20(25)21-31-30-12-32(21)2)15-4-3-5-16(10-15)33-11-18-17(22(33)34)8-14(13-6-7-13)9-19(18)24(27,28)29/h3-5,8-10,12-13,20H,6-7,11H2,1-2H3/t20-,23?/m1/s1. The Morgan fingerprint density at radius 2 is 1.85 bits per heavy atom. The number of nitrogens with zero attached hydrogens (tertiary/aromatic N) is 4. The molecule has 0 radical (unpaired) electrons. The van der Waals surface area contributed by atoms with Gasteiger partial charge in [0.15, 0.2) is 17.7 Å². The number of benzene rings is 2. The van der Waals surface area contributed by atoms with Gasteiger partial charge in [-0.3, -0.25) is 4.79 Å². The first-order valence-electron chi connectivity index (χ1n) is 10.8. The van der Waals surface area contributed by atoms with Crippen LogP contribution in [0.15, 0.2) is 42.7 Å². The molecule has 0 spiro atoms. The molecule has 1 unspecified atom stereocenters. The molecule has 1 saturated carbocycles. The van der Waals surface area contributed by atoms with E-state index in [9.17, 15) is 18.0 Å². The fourth-order valence-electron chi connectivity index (χ4n) is 4.43. The highest BCUT2D eigenvalue weighted by molar-refractivity contribution is 6.10. The Morgan fingerprint density at radius 3 is 2.47 bits per heavy atom. The summed E-state index contributed by atoms with van der Waals surface area (Å²) in [4.78, 5) is 14.3. The van der Waals surface area contributed by atoms with Crippen LogP contribution in [-0.4, -0.2) is 20.7 Å². The van der Waals surface area contributed by atoms with Crippen LogP contribution < -0.4 is 4.90 Å². The number of anilines is 1. The highest BCUT2D eigenvalue weighted by Crippen LogP contribution is 2.46. The van der Waals surface area contributed by atoms with E-state index in [1.54, 1.807) is 6.07 Å². The van der Waals surface area contributed by atoms with Crippen molar-refractivity contribution in [3.05, 3.63) is 76.4 Å². The van der Waals surface area contributed by atoms with Crippen molar-refractivity contribution in [1.29, 1.82) is 0 Å². The first-order chi connectivity index (χ1) is 16.0. The third kappa shape index (κ3) is 3.65. The SMILES string of the molecule is Cn1cnnc1[C@@H](F)C(C)(F)c1cccc(N2Cc3c(cc(C4CC4)cc3C(F)(F)F)C2=O)c1. The van der Waals surface area contributed by atoms with E-state index in [-0.39, 0.29) is 40.7 Å². The number of carbonyl (C=O) groups excluding carboxylic acids is 1. The zero-order valence-electron chi connectivity index (χ0n) is 18.4. The van der Waals surface area contributed by atoms with Crippen molar-refractivity contribution in [1.82, 2.24) is 14.8 Å². The van der Waals surface area contributed by atoms with Gasteiger partial charge < -0.3 is 9.47 Å². The highest BCUT2D eigenvalue weighted by atomic mass is 19.4. The summed E-state index contributed by atoms with van der Waals surface area (Å²) < 4.78 is 73.4. The molecule has 0 saturated heterocycles. The first kappa shape index (κ1) is 22.5. The van der Waals surface area contributed by atoms with E-state index in [1.165, 1.54) is 47.1 Å². The lowest BCUT2D eigenvalue weighted by Gasteiger charge is -2.26. The number of rotatable bonds is 5. The fraction of sp³-hybridized carbons (Fsp3) is 0.375. The van der Waals surface area contributed by atoms with Crippen molar-refractivity contribution in [2.24, 2.45) is 7.05 Å². The van der Waals surface area contributed by atoms with Gasteiger partial charge in [0.05, 0.1) is 12.1 Å². The van der Waals surface area contributed by atoms with Crippen molar-refractivity contribution in [3.8, 4) is 0 Å². The number of aryl methyl sites for hydroxylation is 1. The number of fused-ring (bicyclic) bond motifs is 1.